The van der Waals surface area contributed by atoms with E-state index in [1.807, 2.05) is 19.9 Å². The predicted molar refractivity (Wildman–Crippen MR) is 78.7 cm³/mol. The van der Waals surface area contributed by atoms with Gasteiger partial charge in [0.05, 0.1) is 5.60 Å². The predicted octanol–water partition coefficient (Wildman–Crippen LogP) is 4.72. The lowest BCUT2D eigenvalue weighted by atomic mass is 9.77. The molecule has 0 heterocycles. The smallest absolute Gasteiger partial charge is 0.129 e. The third-order valence-electron chi connectivity index (χ3n) is 3.39. The van der Waals surface area contributed by atoms with Crippen LogP contribution in [0.15, 0.2) is 12.1 Å². The first-order chi connectivity index (χ1) is 8.65. The molecule has 0 aliphatic heterocycles. The lowest BCUT2D eigenvalue weighted by molar-refractivity contribution is -0.00811. The van der Waals surface area contributed by atoms with Gasteiger partial charge in [-0.15, -0.1) is 0 Å². The second kappa shape index (κ2) is 6.04. The molecule has 0 radical (unpaired) electrons. The van der Waals surface area contributed by atoms with Crippen molar-refractivity contribution in [2.45, 2.75) is 60.0 Å². The Morgan fingerprint density at radius 3 is 1.89 bits per heavy atom. The summed E-state index contributed by atoms with van der Waals surface area (Å²) in [5.41, 5.74) is 1.17. The van der Waals surface area contributed by atoms with Crippen molar-refractivity contribution >= 4 is 0 Å². The molecule has 0 aliphatic carbocycles. The van der Waals surface area contributed by atoms with E-state index >= 15 is 0 Å². The van der Waals surface area contributed by atoms with Crippen molar-refractivity contribution in [2.75, 3.05) is 0 Å². The first-order valence-corrected chi connectivity index (χ1v) is 7.15. The first-order valence-electron chi connectivity index (χ1n) is 7.15. The van der Waals surface area contributed by atoms with Crippen LogP contribution in [0.4, 0.5) is 4.39 Å². The van der Waals surface area contributed by atoms with Gasteiger partial charge in [0.15, 0.2) is 0 Å². The van der Waals surface area contributed by atoms with Crippen molar-refractivity contribution in [3.05, 3.63) is 34.6 Å². The Labute approximate surface area is 116 Å². The van der Waals surface area contributed by atoms with Crippen molar-refractivity contribution in [3.8, 4) is 0 Å². The Hall–Kier alpha value is -0.890. The second-order valence-electron chi connectivity index (χ2n) is 6.67. The fourth-order valence-electron chi connectivity index (χ4n) is 3.14. The van der Waals surface area contributed by atoms with Gasteiger partial charge in [0.1, 0.15) is 5.82 Å². The van der Waals surface area contributed by atoms with Gasteiger partial charge in [-0.2, -0.15) is 0 Å². The van der Waals surface area contributed by atoms with Crippen molar-refractivity contribution in [2.24, 2.45) is 11.8 Å². The fraction of sp³-hybridized carbons (Fsp3) is 0.647. The molecule has 0 bridgehead atoms. The molecule has 2 heteroatoms. The molecule has 1 rings (SSSR count). The van der Waals surface area contributed by atoms with Crippen molar-refractivity contribution in [1.29, 1.82) is 0 Å². The zero-order valence-electron chi connectivity index (χ0n) is 13.0. The molecule has 0 aliphatic rings. The summed E-state index contributed by atoms with van der Waals surface area (Å²) in [6.45, 7) is 12.0. The number of benzene rings is 1. The average Bonchev–Trinajstić information content (AvgIpc) is 2.10. The van der Waals surface area contributed by atoms with Crippen LogP contribution >= 0.6 is 0 Å². The largest absolute Gasteiger partial charge is 0.385 e. The van der Waals surface area contributed by atoms with E-state index < -0.39 is 5.60 Å². The van der Waals surface area contributed by atoms with Crippen LogP contribution in [-0.2, 0) is 5.60 Å². The molecule has 0 spiro atoms. The Morgan fingerprint density at radius 2 is 1.53 bits per heavy atom. The molecule has 0 aromatic heterocycles. The fourth-order valence-corrected chi connectivity index (χ4v) is 3.14. The Kier molecular flexibility index (Phi) is 5.14. The number of rotatable bonds is 5. The number of aliphatic hydroxyl groups is 1. The van der Waals surface area contributed by atoms with Crippen LogP contribution < -0.4 is 0 Å². The van der Waals surface area contributed by atoms with E-state index in [2.05, 4.69) is 27.7 Å². The van der Waals surface area contributed by atoms with E-state index in [4.69, 9.17) is 0 Å². The maximum absolute atomic E-state index is 14.3. The summed E-state index contributed by atoms with van der Waals surface area (Å²) in [5.74, 6) is 0.369. The van der Waals surface area contributed by atoms with Gasteiger partial charge in [-0.1, -0.05) is 33.8 Å². The lowest BCUT2D eigenvalue weighted by Gasteiger charge is -2.34. The van der Waals surface area contributed by atoms with Gasteiger partial charge in [-0.25, -0.2) is 4.39 Å². The standard InChI is InChI=1S/C17H27FO/c1-11(2)9-17(19,10-12(3)4)16-14(6)7-13(5)8-15(16)18/h7-8,11-12,19H,9-10H2,1-6H3. The molecular formula is C17H27FO. The van der Waals surface area contributed by atoms with Crippen LogP contribution in [0.5, 0.6) is 0 Å². The van der Waals surface area contributed by atoms with Crippen LogP contribution in [0, 0.1) is 31.5 Å². The van der Waals surface area contributed by atoms with Gasteiger partial charge in [-0.05, 0) is 55.7 Å². The highest BCUT2D eigenvalue weighted by molar-refractivity contribution is 5.36. The SMILES string of the molecule is Cc1cc(C)c(C(O)(CC(C)C)CC(C)C)c(F)c1. The summed E-state index contributed by atoms with van der Waals surface area (Å²) < 4.78 is 14.3. The third-order valence-corrected chi connectivity index (χ3v) is 3.39. The molecule has 108 valence electrons. The summed E-state index contributed by atoms with van der Waals surface area (Å²) in [4.78, 5) is 0. The number of aryl methyl sites for hydroxylation is 2. The molecule has 0 saturated heterocycles. The molecular weight excluding hydrogens is 239 g/mol. The first kappa shape index (κ1) is 16.2. The van der Waals surface area contributed by atoms with Gasteiger partial charge in [0, 0.05) is 5.56 Å². The van der Waals surface area contributed by atoms with E-state index in [1.54, 1.807) is 0 Å². The minimum Gasteiger partial charge on any atom is -0.385 e. The van der Waals surface area contributed by atoms with E-state index in [0.717, 1.165) is 11.1 Å². The minimum absolute atomic E-state index is 0.277. The molecule has 1 aromatic carbocycles. The summed E-state index contributed by atoms with van der Waals surface area (Å²) in [6.07, 6.45) is 1.18. The van der Waals surface area contributed by atoms with E-state index in [9.17, 15) is 9.50 Å². The molecule has 1 nitrogen and oxygen atoms in total. The topological polar surface area (TPSA) is 20.2 Å². The molecule has 0 amide bonds. The quantitative estimate of drug-likeness (QED) is 0.817. The maximum atomic E-state index is 14.3. The second-order valence-corrected chi connectivity index (χ2v) is 6.67. The average molecular weight is 266 g/mol. The highest BCUT2D eigenvalue weighted by atomic mass is 19.1. The minimum atomic E-state index is -1.07. The molecule has 0 unspecified atom stereocenters. The third kappa shape index (κ3) is 4.04. The highest BCUT2D eigenvalue weighted by Crippen LogP contribution is 2.38. The number of hydrogen-bond acceptors (Lipinski definition) is 1. The van der Waals surface area contributed by atoms with E-state index in [0.29, 0.717) is 30.2 Å². The summed E-state index contributed by atoms with van der Waals surface area (Å²) >= 11 is 0. The summed E-state index contributed by atoms with van der Waals surface area (Å²) in [5, 5.41) is 11.0. The molecule has 1 aromatic rings. The van der Waals surface area contributed by atoms with Crippen LogP contribution in [0.3, 0.4) is 0 Å². The van der Waals surface area contributed by atoms with Gasteiger partial charge in [-0.3, -0.25) is 0 Å². The molecule has 0 saturated carbocycles. The Morgan fingerprint density at radius 1 is 1.05 bits per heavy atom. The normalized spacial score (nSPS) is 12.5. The Bertz CT molecular complexity index is 402. The van der Waals surface area contributed by atoms with Gasteiger partial charge >= 0.3 is 0 Å². The highest BCUT2D eigenvalue weighted by Gasteiger charge is 2.35. The summed E-state index contributed by atoms with van der Waals surface area (Å²) in [7, 11) is 0. The monoisotopic (exact) mass is 266 g/mol. The van der Waals surface area contributed by atoms with E-state index in [-0.39, 0.29) is 5.82 Å². The van der Waals surface area contributed by atoms with E-state index in [1.165, 1.54) is 6.07 Å². The van der Waals surface area contributed by atoms with Gasteiger partial charge < -0.3 is 5.11 Å². The molecule has 1 N–H and O–H groups in total. The van der Waals surface area contributed by atoms with Crippen LogP contribution in [0.2, 0.25) is 0 Å². The number of hydrogen-bond donors (Lipinski definition) is 1. The zero-order chi connectivity index (χ0) is 14.8. The van der Waals surface area contributed by atoms with Crippen LogP contribution in [-0.4, -0.2) is 5.11 Å². The zero-order valence-corrected chi connectivity index (χ0v) is 13.0. The summed E-state index contributed by atoms with van der Waals surface area (Å²) in [6, 6.07) is 3.47. The van der Waals surface area contributed by atoms with Crippen molar-refractivity contribution in [1.82, 2.24) is 0 Å². The number of halogens is 1. The molecule has 19 heavy (non-hydrogen) atoms. The molecule has 0 atom stereocenters. The van der Waals surface area contributed by atoms with Gasteiger partial charge in [0.25, 0.3) is 0 Å². The maximum Gasteiger partial charge on any atom is 0.129 e. The molecule has 0 fully saturated rings. The van der Waals surface area contributed by atoms with Crippen molar-refractivity contribution < 1.29 is 9.50 Å². The van der Waals surface area contributed by atoms with Crippen molar-refractivity contribution in [3.63, 3.8) is 0 Å². The van der Waals surface area contributed by atoms with Crippen LogP contribution in [0.25, 0.3) is 0 Å². The Balaban J connectivity index is 3.32. The van der Waals surface area contributed by atoms with Crippen LogP contribution in [0.1, 0.15) is 57.2 Å². The lowest BCUT2D eigenvalue weighted by Crippen LogP contribution is -2.31. The van der Waals surface area contributed by atoms with Gasteiger partial charge in [0.2, 0.25) is 0 Å².